The van der Waals surface area contributed by atoms with Gasteiger partial charge in [0.25, 0.3) is 0 Å². The number of morpholine rings is 1. The highest BCUT2D eigenvalue weighted by Gasteiger charge is 2.24. The molecule has 1 N–H and O–H groups in total. The maximum absolute atomic E-state index is 12.2. The van der Waals surface area contributed by atoms with E-state index in [1.807, 2.05) is 4.90 Å². The van der Waals surface area contributed by atoms with Crippen LogP contribution < -0.4 is 0 Å². The van der Waals surface area contributed by atoms with Crippen LogP contribution in [0.5, 0.6) is 0 Å². The Morgan fingerprint density at radius 2 is 2.09 bits per heavy atom. The first-order valence-electron chi connectivity index (χ1n) is 7.95. The number of hydrogen-bond donors (Lipinski definition) is 1. The molecular weight excluding hydrogens is 302 g/mol. The highest BCUT2D eigenvalue weighted by Crippen LogP contribution is 2.34. The number of aliphatic hydroxyl groups is 1. The quantitative estimate of drug-likeness (QED) is 0.830. The zero-order valence-electron chi connectivity index (χ0n) is 12.7. The van der Waals surface area contributed by atoms with Gasteiger partial charge in [-0.15, -0.1) is 0 Å². The fraction of sp³-hybridized carbons (Fsp3) is 0.733. The van der Waals surface area contributed by atoms with E-state index in [-0.39, 0.29) is 12.5 Å². The second-order valence-corrected chi connectivity index (χ2v) is 6.72. The van der Waals surface area contributed by atoms with Crippen molar-refractivity contribution in [1.29, 1.82) is 0 Å². The molecule has 7 heteroatoms. The van der Waals surface area contributed by atoms with Crippen molar-refractivity contribution in [2.45, 2.75) is 43.5 Å². The summed E-state index contributed by atoms with van der Waals surface area (Å²) in [4.78, 5) is 18.5. The van der Waals surface area contributed by atoms with E-state index < -0.39 is 0 Å². The van der Waals surface area contributed by atoms with Crippen LogP contribution in [0.3, 0.4) is 0 Å². The van der Waals surface area contributed by atoms with Crippen LogP contribution in [0.15, 0.2) is 11.4 Å². The molecule has 2 aliphatic rings. The van der Waals surface area contributed by atoms with Crippen molar-refractivity contribution in [3.63, 3.8) is 0 Å². The molecule has 122 valence electrons. The molecule has 0 bridgehead atoms. The maximum atomic E-state index is 12.2. The summed E-state index contributed by atoms with van der Waals surface area (Å²) in [5.41, 5.74) is 0.855. The lowest BCUT2D eigenvalue weighted by atomic mass is 10.2. The number of thioether (sulfide) groups is 1. The molecule has 0 spiro atoms. The van der Waals surface area contributed by atoms with Gasteiger partial charge in [-0.1, -0.05) is 24.6 Å². The first-order valence-corrected chi connectivity index (χ1v) is 8.93. The number of amides is 1. The Kier molecular flexibility index (Phi) is 5.38. The van der Waals surface area contributed by atoms with E-state index in [2.05, 4.69) is 9.55 Å². The third kappa shape index (κ3) is 3.47. The number of aromatic nitrogens is 2. The number of carbonyl (C=O) groups excluding carboxylic acids is 1. The highest BCUT2D eigenvalue weighted by atomic mass is 32.2. The lowest BCUT2D eigenvalue weighted by Crippen LogP contribution is -2.41. The largest absolute Gasteiger partial charge is 0.390 e. The molecule has 3 rings (SSSR count). The van der Waals surface area contributed by atoms with Gasteiger partial charge in [0.1, 0.15) is 0 Å². The molecule has 1 amide bonds. The molecule has 2 fully saturated rings. The number of carbonyl (C=O) groups is 1. The normalized spacial score (nSPS) is 19.8. The van der Waals surface area contributed by atoms with E-state index in [9.17, 15) is 9.90 Å². The van der Waals surface area contributed by atoms with Crippen molar-refractivity contribution in [3.05, 3.63) is 11.9 Å². The smallest absolute Gasteiger partial charge is 0.233 e. The molecule has 22 heavy (non-hydrogen) atoms. The minimum atomic E-state index is 0.00146. The summed E-state index contributed by atoms with van der Waals surface area (Å²) in [5, 5.41) is 10.4. The number of hydrogen-bond acceptors (Lipinski definition) is 5. The van der Waals surface area contributed by atoms with Gasteiger partial charge in [-0.25, -0.2) is 4.98 Å². The van der Waals surface area contributed by atoms with Gasteiger partial charge < -0.3 is 19.3 Å². The summed E-state index contributed by atoms with van der Waals surface area (Å²) in [7, 11) is 0. The minimum Gasteiger partial charge on any atom is -0.390 e. The predicted molar refractivity (Wildman–Crippen MR) is 83.8 cm³/mol. The Morgan fingerprint density at radius 1 is 1.36 bits per heavy atom. The second kappa shape index (κ2) is 7.48. The molecule has 1 aliphatic heterocycles. The molecule has 2 heterocycles. The Labute approximate surface area is 134 Å². The van der Waals surface area contributed by atoms with Gasteiger partial charge in [-0.3, -0.25) is 4.79 Å². The van der Waals surface area contributed by atoms with Crippen LogP contribution in [0.2, 0.25) is 0 Å². The second-order valence-electron chi connectivity index (χ2n) is 5.78. The average molecular weight is 325 g/mol. The molecular formula is C15H23N3O3S. The molecule has 1 aromatic rings. The van der Waals surface area contributed by atoms with Crippen LogP contribution in [0.1, 0.15) is 37.4 Å². The third-order valence-corrected chi connectivity index (χ3v) is 5.33. The van der Waals surface area contributed by atoms with Crippen LogP contribution in [0.4, 0.5) is 0 Å². The number of imidazole rings is 1. The molecule has 1 aromatic heterocycles. The Balaban J connectivity index is 1.64. The number of ether oxygens (including phenoxy) is 1. The number of rotatable bonds is 5. The van der Waals surface area contributed by atoms with E-state index >= 15 is 0 Å². The number of aliphatic hydroxyl groups excluding tert-OH is 1. The van der Waals surface area contributed by atoms with Gasteiger partial charge in [0, 0.05) is 19.1 Å². The topological polar surface area (TPSA) is 67.6 Å². The number of nitrogens with zero attached hydrogens (tertiary/aromatic N) is 3. The zero-order valence-corrected chi connectivity index (χ0v) is 13.6. The van der Waals surface area contributed by atoms with Crippen LogP contribution in [0, 0.1) is 0 Å². The molecule has 0 radical (unpaired) electrons. The van der Waals surface area contributed by atoms with E-state index in [0.717, 1.165) is 23.7 Å². The molecule has 6 nitrogen and oxygen atoms in total. The fourth-order valence-electron chi connectivity index (χ4n) is 3.18. The molecule has 1 saturated carbocycles. The third-order valence-electron chi connectivity index (χ3n) is 4.38. The van der Waals surface area contributed by atoms with Crippen molar-refractivity contribution >= 4 is 17.7 Å². The van der Waals surface area contributed by atoms with E-state index in [0.29, 0.717) is 38.1 Å². The monoisotopic (exact) mass is 325 g/mol. The zero-order chi connectivity index (χ0) is 15.4. The van der Waals surface area contributed by atoms with E-state index in [4.69, 9.17) is 4.74 Å². The predicted octanol–water partition coefficient (Wildman–Crippen LogP) is 1.44. The maximum Gasteiger partial charge on any atom is 0.233 e. The van der Waals surface area contributed by atoms with Crippen LogP contribution in [-0.4, -0.2) is 57.5 Å². The SMILES string of the molecule is O=C(CSc1ncc(CO)n1C1CCCC1)N1CCOCC1. The summed E-state index contributed by atoms with van der Waals surface area (Å²) in [5.74, 6) is 0.536. The van der Waals surface area contributed by atoms with Crippen LogP contribution in [0.25, 0.3) is 0 Å². The van der Waals surface area contributed by atoms with Crippen LogP contribution in [-0.2, 0) is 16.1 Å². The highest BCUT2D eigenvalue weighted by molar-refractivity contribution is 7.99. The summed E-state index contributed by atoms with van der Waals surface area (Å²) in [6.45, 7) is 2.61. The first kappa shape index (κ1) is 15.8. The molecule has 0 atom stereocenters. The van der Waals surface area contributed by atoms with Gasteiger partial charge >= 0.3 is 0 Å². The van der Waals surface area contributed by atoms with Crippen LogP contribution >= 0.6 is 11.8 Å². The Morgan fingerprint density at radius 3 is 2.77 bits per heavy atom. The molecule has 1 aliphatic carbocycles. The first-order chi connectivity index (χ1) is 10.8. The van der Waals surface area contributed by atoms with Crippen molar-refractivity contribution in [2.75, 3.05) is 32.1 Å². The van der Waals surface area contributed by atoms with Crippen molar-refractivity contribution in [3.8, 4) is 0 Å². The van der Waals surface area contributed by atoms with Gasteiger partial charge in [0.15, 0.2) is 5.16 Å². The van der Waals surface area contributed by atoms with Gasteiger partial charge in [0.2, 0.25) is 5.91 Å². The molecule has 1 saturated heterocycles. The summed E-state index contributed by atoms with van der Waals surface area (Å²) in [6.07, 6.45) is 6.46. The molecule has 0 unspecified atom stereocenters. The Hall–Kier alpha value is -1.05. The van der Waals surface area contributed by atoms with E-state index in [1.165, 1.54) is 24.6 Å². The van der Waals surface area contributed by atoms with Crippen molar-refractivity contribution in [1.82, 2.24) is 14.5 Å². The standard InChI is InChI=1S/C15H23N3O3S/c19-10-13-9-16-15(18(13)12-3-1-2-4-12)22-11-14(20)17-5-7-21-8-6-17/h9,12,19H,1-8,10-11H2. The average Bonchev–Trinajstić information content (AvgIpc) is 3.22. The lowest BCUT2D eigenvalue weighted by molar-refractivity contribution is -0.132. The van der Waals surface area contributed by atoms with Crippen molar-refractivity contribution in [2.24, 2.45) is 0 Å². The lowest BCUT2D eigenvalue weighted by Gasteiger charge is -2.26. The summed E-state index contributed by atoms with van der Waals surface area (Å²) >= 11 is 1.48. The molecule has 0 aromatic carbocycles. The summed E-state index contributed by atoms with van der Waals surface area (Å²) in [6, 6.07) is 0.422. The van der Waals surface area contributed by atoms with E-state index in [1.54, 1.807) is 6.20 Å². The fourth-order valence-corrected chi connectivity index (χ4v) is 4.15. The van der Waals surface area contributed by atoms with Gasteiger partial charge in [0.05, 0.1) is 37.5 Å². The Bertz CT molecular complexity index is 508. The minimum absolute atomic E-state index is 0.00146. The van der Waals surface area contributed by atoms with Gasteiger partial charge in [-0.05, 0) is 12.8 Å². The van der Waals surface area contributed by atoms with Crippen molar-refractivity contribution < 1.29 is 14.6 Å². The summed E-state index contributed by atoms with van der Waals surface area (Å²) < 4.78 is 7.42. The van der Waals surface area contributed by atoms with Gasteiger partial charge in [-0.2, -0.15) is 0 Å².